The van der Waals surface area contributed by atoms with Crippen molar-refractivity contribution in [1.82, 2.24) is 0 Å². The Morgan fingerprint density at radius 3 is 2.35 bits per heavy atom. The number of fused-ring (bicyclic) bond motifs is 1. The van der Waals surface area contributed by atoms with Crippen LogP contribution in [0.5, 0.6) is 0 Å². The summed E-state index contributed by atoms with van der Waals surface area (Å²) in [5, 5.41) is 0.266. The minimum absolute atomic E-state index is 0.266. The van der Waals surface area contributed by atoms with Gasteiger partial charge >= 0.3 is 5.97 Å². The van der Waals surface area contributed by atoms with Crippen molar-refractivity contribution in [3.63, 3.8) is 0 Å². The van der Waals surface area contributed by atoms with Gasteiger partial charge in [-0.15, -0.1) is 0 Å². The minimum Gasteiger partial charge on any atom is -0.410 e. The second-order valence-electron chi connectivity index (χ2n) is 3.77. The lowest BCUT2D eigenvalue weighted by atomic mass is 9.97. The normalized spacial score (nSPS) is 13.4. The fourth-order valence-corrected chi connectivity index (χ4v) is 2.24. The number of thiocarbonyl (C=S) groups is 1. The largest absolute Gasteiger partial charge is 0.410 e. The Morgan fingerprint density at radius 2 is 1.59 bits per heavy atom. The molecule has 0 aliphatic carbocycles. The Morgan fingerprint density at radius 1 is 0.882 bits per heavy atom. The molecule has 3 rings (SSSR count). The summed E-state index contributed by atoms with van der Waals surface area (Å²) < 4.78 is 4.99. The highest BCUT2D eigenvalue weighted by Gasteiger charge is 2.29. The van der Waals surface area contributed by atoms with Crippen molar-refractivity contribution in [3.05, 3.63) is 59.7 Å². The van der Waals surface area contributed by atoms with E-state index in [9.17, 15) is 4.79 Å². The molecule has 0 atom stereocenters. The topological polar surface area (TPSA) is 26.3 Å². The Balaban J connectivity index is 2.27. The maximum atomic E-state index is 11.8. The molecule has 3 heteroatoms. The van der Waals surface area contributed by atoms with Crippen molar-refractivity contribution in [2.24, 2.45) is 0 Å². The predicted octanol–water partition coefficient (Wildman–Crippen LogP) is 3.20. The van der Waals surface area contributed by atoms with E-state index in [0.717, 1.165) is 11.1 Å². The van der Waals surface area contributed by atoms with Gasteiger partial charge in [0.2, 0.25) is 5.05 Å². The van der Waals surface area contributed by atoms with Gasteiger partial charge in [0.05, 0.1) is 5.56 Å². The third-order valence-electron chi connectivity index (χ3n) is 2.76. The first kappa shape index (κ1) is 10.2. The van der Waals surface area contributed by atoms with Crippen LogP contribution in [0, 0.1) is 0 Å². The molecule has 2 aromatic rings. The van der Waals surface area contributed by atoms with Gasteiger partial charge in [-0.1, -0.05) is 42.5 Å². The number of rotatable bonds is 1. The second-order valence-corrected chi connectivity index (χ2v) is 4.14. The summed E-state index contributed by atoms with van der Waals surface area (Å²) in [5.41, 5.74) is 3.15. The monoisotopic (exact) mass is 240 g/mol. The van der Waals surface area contributed by atoms with Crippen LogP contribution in [0.25, 0.3) is 11.1 Å². The minimum atomic E-state index is -0.357. The number of carbonyl (C=O) groups is 1. The van der Waals surface area contributed by atoms with E-state index in [1.807, 2.05) is 48.5 Å². The van der Waals surface area contributed by atoms with E-state index in [-0.39, 0.29) is 11.0 Å². The van der Waals surface area contributed by atoms with Gasteiger partial charge in [-0.3, -0.25) is 0 Å². The number of carbonyl (C=O) groups excluding carboxylic acids is 1. The van der Waals surface area contributed by atoms with Crippen molar-refractivity contribution in [1.29, 1.82) is 0 Å². The van der Waals surface area contributed by atoms with E-state index >= 15 is 0 Å². The summed E-state index contributed by atoms with van der Waals surface area (Å²) in [6, 6.07) is 15.3. The fourth-order valence-electron chi connectivity index (χ4n) is 1.99. The second kappa shape index (κ2) is 3.79. The first-order valence-corrected chi connectivity index (χ1v) is 5.63. The zero-order valence-electron chi connectivity index (χ0n) is 8.84. The quantitative estimate of drug-likeness (QED) is 0.565. The number of ether oxygens (including phenoxy) is 1. The van der Waals surface area contributed by atoms with Crippen molar-refractivity contribution in [3.8, 4) is 11.1 Å². The average Bonchev–Trinajstić information content (AvgIpc) is 2.66. The number of benzene rings is 2. The van der Waals surface area contributed by atoms with Gasteiger partial charge in [-0.2, -0.15) is 0 Å². The molecule has 0 radical (unpaired) electrons. The van der Waals surface area contributed by atoms with E-state index in [0.29, 0.717) is 11.1 Å². The molecule has 0 amide bonds. The standard InChI is InChI=1S/C14H8O2S/c15-13-12-10(9-5-2-1-3-6-9)7-4-8-11(12)14(17)16-13/h1-8H. The van der Waals surface area contributed by atoms with Crippen LogP contribution in [0.3, 0.4) is 0 Å². The average molecular weight is 240 g/mol. The zero-order valence-corrected chi connectivity index (χ0v) is 9.66. The Hall–Kier alpha value is -2.00. The third-order valence-corrected chi connectivity index (χ3v) is 3.06. The van der Waals surface area contributed by atoms with Crippen LogP contribution in [-0.2, 0) is 4.74 Å². The number of hydrogen-bond donors (Lipinski definition) is 0. The van der Waals surface area contributed by atoms with Crippen molar-refractivity contribution in [2.75, 3.05) is 0 Å². The summed E-state index contributed by atoms with van der Waals surface area (Å²) in [6.07, 6.45) is 0. The van der Waals surface area contributed by atoms with Gasteiger partial charge in [0.25, 0.3) is 0 Å². The summed E-state index contributed by atoms with van der Waals surface area (Å²) in [5.74, 6) is -0.357. The van der Waals surface area contributed by atoms with Crippen molar-refractivity contribution >= 4 is 23.2 Å². The highest BCUT2D eigenvalue weighted by atomic mass is 32.1. The van der Waals surface area contributed by atoms with E-state index in [1.54, 1.807) is 0 Å². The smallest absolute Gasteiger partial charge is 0.345 e. The first-order chi connectivity index (χ1) is 8.27. The maximum absolute atomic E-state index is 11.8. The zero-order chi connectivity index (χ0) is 11.8. The Bertz CT molecular complexity index is 617. The van der Waals surface area contributed by atoms with Crippen LogP contribution in [0.4, 0.5) is 0 Å². The van der Waals surface area contributed by atoms with Crippen LogP contribution < -0.4 is 0 Å². The van der Waals surface area contributed by atoms with E-state index in [4.69, 9.17) is 17.0 Å². The molecular formula is C14H8O2S. The molecule has 1 aliphatic heterocycles. The SMILES string of the molecule is O=C1OC(=S)c2cccc(-c3ccccc3)c21. The lowest BCUT2D eigenvalue weighted by molar-refractivity contribution is 0.0742. The lowest BCUT2D eigenvalue weighted by Crippen LogP contribution is -1.97. The predicted molar refractivity (Wildman–Crippen MR) is 69.0 cm³/mol. The number of hydrogen-bond acceptors (Lipinski definition) is 3. The van der Waals surface area contributed by atoms with Crippen LogP contribution >= 0.6 is 12.2 Å². The summed E-state index contributed by atoms with van der Waals surface area (Å²) in [7, 11) is 0. The van der Waals surface area contributed by atoms with Crippen LogP contribution in [0.1, 0.15) is 15.9 Å². The fraction of sp³-hybridized carbons (Fsp3) is 0. The molecule has 2 nitrogen and oxygen atoms in total. The van der Waals surface area contributed by atoms with Crippen LogP contribution in [-0.4, -0.2) is 11.0 Å². The highest BCUT2D eigenvalue weighted by Crippen LogP contribution is 2.31. The molecule has 1 heterocycles. The summed E-state index contributed by atoms with van der Waals surface area (Å²) in [6.45, 7) is 0. The van der Waals surface area contributed by atoms with E-state index < -0.39 is 0 Å². The van der Waals surface area contributed by atoms with Gasteiger partial charge < -0.3 is 4.74 Å². The Kier molecular flexibility index (Phi) is 2.27. The maximum Gasteiger partial charge on any atom is 0.345 e. The van der Waals surface area contributed by atoms with Crippen LogP contribution in [0.2, 0.25) is 0 Å². The van der Waals surface area contributed by atoms with Crippen molar-refractivity contribution < 1.29 is 9.53 Å². The van der Waals surface area contributed by atoms with E-state index in [1.165, 1.54) is 0 Å². The molecule has 0 aromatic heterocycles. The van der Waals surface area contributed by atoms with Gasteiger partial charge in [0.15, 0.2) is 0 Å². The number of esters is 1. The third kappa shape index (κ3) is 1.56. The molecule has 82 valence electrons. The first-order valence-electron chi connectivity index (χ1n) is 5.22. The van der Waals surface area contributed by atoms with Gasteiger partial charge in [-0.25, -0.2) is 4.79 Å². The Labute approximate surface area is 104 Å². The molecule has 2 aromatic carbocycles. The summed E-state index contributed by atoms with van der Waals surface area (Å²) in [4.78, 5) is 11.8. The molecule has 0 saturated carbocycles. The molecule has 0 fully saturated rings. The molecule has 0 N–H and O–H groups in total. The molecular weight excluding hydrogens is 232 g/mol. The van der Waals surface area contributed by atoms with Gasteiger partial charge in [0.1, 0.15) is 0 Å². The molecule has 0 bridgehead atoms. The summed E-state index contributed by atoms with van der Waals surface area (Å²) >= 11 is 5.02. The van der Waals surface area contributed by atoms with Crippen molar-refractivity contribution in [2.45, 2.75) is 0 Å². The molecule has 0 unspecified atom stereocenters. The van der Waals surface area contributed by atoms with Gasteiger partial charge in [0, 0.05) is 5.56 Å². The molecule has 1 aliphatic rings. The van der Waals surface area contributed by atoms with E-state index in [2.05, 4.69) is 0 Å². The number of cyclic esters (lactones) is 1. The molecule has 0 saturated heterocycles. The lowest BCUT2D eigenvalue weighted by Gasteiger charge is -2.04. The van der Waals surface area contributed by atoms with Gasteiger partial charge in [-0.05, 0) is 29.4 Å². The molecule has 17 heavy (non-hydrogen) atoms. The molecule has 0 spiro atoms. The highest BCUT2D eigenvalue weighted by molar-refractivity contribution is 7.80. The van der Waals surface area contributed by atoms with Crippen LogP contribution in [0.15, 0.2) is 48.5 Å².